The van der Waals surface area contributed by atoms with Crippen LogP contribution < -0.4 is 10.6 Å². The van der Waals surface area contributed by atoms with Gasteiger partial charge in [-0.3, -0.25) is 19.8 Å². The van der Waals surface area contributed by atoms with E-state index < -0.39 is 17.9 Å². The van der Waals surface area contributed by atoms with E-state index in [1.54, 1.807) is 4.90 Å². The van der Waals surface area contributed by atoms with Crippen molar-refractivity contribution in [2.75, 3.05) is 26.7 Å². The highest BCUT2D eigenvalue weighted by Gasteiger charge is 2.12. The SMILES string of the molecule is CCN(CCC(=O)O)CC(=O)NC(=O)NC. The highest BCUT2D eigenvalue weighted by molar-refractivity contribution is 5.95. The Kier molecular flexibility index (Phi) is 6.86. The maximum Gasteiger partial charge on any atom is 0.321 e. The Morgan fingerprint density at radius 2 is 1.94 bits per heavy atom. The summed E-state index contributed by atoms with van der Waals surface area (Å²) in [6, 6.07) is -0.570. The zero-order chi connectivity index (χ0) is 12.6. The van der Waals surface area contributed by atoms with E-state index in [0.29, 0.717) is 6.54 Å². The number of nitrogens with one attached hydrogen (secondary N) is 2. The number of carboxylic acids is 1. The van der Waals surface area contributed by atoms with E-state index in [2.05, 4.69) is 10.6 Å². The van der Waals surface area contributed by atoms with Crippen LogP contribution in [-0.4, -0.2) is 54.6 Å². The Bertz CT molecular complexity index is 267. The molecule has 16 heavy (non-hydrogen) atoms. The van der Waals surface area contributed by atoms with Crippen LogP contribution in [0.15, 0.2) is 0 Å². The van der Waals surface area contributed by atoms with Crippen molar-refractivity contribution in [1.29, 1.82) is 0 Å². The molecule has 0 unspecified atom stereocenters. The van der Waals surface area contributed by atoms with Crippen molar-refractivity contribution in [3.8, 4) is 0 Å². The van der Waals surface area contributed by atoms with Gasteiger partial charge in [0, 0.05) is 13.6 Å². The first-order valence-electron chi connectivity index (χ1n) is 4.95. The predicted molar refractivity (Wildman–Crippen MR) is 57.0 cm³/mol. The fraction of sp³-hybridized carbons (Fsp3) is 0.667. The Morgan fingerprint density at radius 3 is 2.38 bits per heavy atom. The van der Waals surface area contributed by atoms with E-state index in [1.807, 2.05) is 6.92 Å². The Labute approximate surface area is 93.8 Å². The molecule has 3 N–H and O–H groups in total. The Morgan fingerprint density at radius 1 is 1.31 bits per heavy atom. The summed E-state index contributed by atoms with van der Waals surface area (Å²) in [6.07, 6.45) is -0.0267. The molecule has 0 aliphatic rings. The van der Waals surface area contributed by atoms with Crippen molar-refractivity contribution in [1.82, 2.24) is 15.5 Å². The molecule has 92 valence electrons. The number of likely N-dealkylation sites (N-methyl/N-ethyl adjacent to an activating group) is 1. The summed E-state index contributed by atoms with van der Waals surface area (Å²) in [5, 5.41) is 12.8. The van der Waals surface area contributed by atoms with Crippen molar-refractivity contribution in [2.24, 2.45) is 0 Å². The first-order valence-corrected chi connectivity index (χ1v) is 4.95. The van der Waals surface area contributed by atoms with Crippen molar-refractivity contribution in [3.63, 3.8) is 0 Å². The highest BCUT2D eigenvalue weighted by Crippen LogP contribution is 1.91. The second-order valence-corrected chi connectivity index (χ2v) is 3.14. The number of hydrogen-bond acceptors (Lipinski definition) is 4. The number of rotatable bonds is 6. The Balaban J connectivity index is 3.96. The molecule has 0 atom stereocenters. The first-order chi connectivity index (χ1) is 7.49. The molecule has 7 heteroatoms. The highest BCUT2D eigenvalue weighted by atomic mass is 16.4. The van der Waals surface area contributed by atoms with Gasteiger partial charge >= 0.3 is 12.0 Å². The minimum atomic E-state index is -0.912. The molecule has 0 rings (SSSR count). The summed E-state index contributed by atoms with van der Waals surface area (Å²) >= 11 is 0. The standard InChI is InChI=1S/C9H17N3O4/c1-3-12(5-4-8(14)15)6-7(13)11-9(16)10-2/h3-6H2,1-2H3,(H,14,15)(H2,10,11,13,16). The molecule has 0 aromatic heterocycles. The molecule has 0 spiro atoms. The van der Waals surface area contributed by atoms with Gasteiger partial charge in [0.2, 0.25) is 5.91 Å². The summed E-state index contributed by atoms with van der Waals surface area (Å²) < 4.78 is 0. The minimum Gasteiger partial charge on any atom is -0.481 e. The molecule has 0 fully saturated rings. The fourth-order valence-electron chi connectivity index (χ4n) is 1.03. The first kappa shape index (κ1) is 14.4. The molecule has 0 saturated heterocycles. The van der Waals surface area contributed by atoms with Crippen molar-refractivity contribution in [2.45, 2.75) is 13.3 Å². The lowest BCUT2D eigenvalue weighted by atomic mass is 10.3. The third-order valence-corrected chi connectivity index (χ3v) is 1.94. The molecule has 3 amide bonds. The topological polar surface area (TPSA) is 98.7 Å². The zero-order valence-electron chi connectivity index (χ0n) is 9.45. The maximum atomic E-state index is 11.3. The number of aliphatic carboxylic acids is 1. The molecule has 0 radical (unpaired) electrons. The fourth-order valence-corrected chi connectivity index (χ4v) is 1.03. The molecule has 0 saturated carbocycles. The normalized spacial score (nSPS) is 9.94. The summed E-state index contributed by atoms with van der Waals surface area (Å²) in [5.41, 5.74) is 0. The van der Waals surface area contributed by atoms with Crippen molar-refractivity contribution in [3.05, 3.63) is 0 Å². The molecule has 0 aliphatic heterocycles. The van der Waals surface area contributed by atoms with Gasteiger partial charge in [-0.15, -0.1) is 0 Å². The third kappa shape index (κ3) is 6.77. The number of carboxylic acid groups (broad SMARTS) is 1. The summed E-state index contributed by atoms with van der Waals surface area (Å²) in [5.74, 6) is -1.36. The molecule has 0 aromatic carbocycles. The van der Waals surface area contributed by atoms with Gasteiger partial charge in [-0.1, -0.05) is 6.92 Å². The van der Waals surface area contributed by atoms with Gasteiger partial charge in [-0.25, -0.2) is 4.79 Å². The van der Waals surface area contributed by atoms with Crippen LogP contribution in [0.4, 0.5) is 4.79 Å². The van der Waals surface area contributed by atoms with Gasteiger partial charge < -0.3 is 10.4 Å². The summed E-state index contributed by atoms with van der Waals surface area (Å²) in [7, 11) is 1.41. The summed E-state index contributed by atoms with van der Waals surface area (Å²) in [6.45, 7) is 2.66. The number of amides is 3. The van der Waals surface area contributed by atoms with Crippen molar-refractivity contribution < 1.29 is 19.5 Å². The molecule has 7 nitrogen and oxygen atoms in total. The van der Waals surface area contributed by atoms with Gasteiger partial charge in [0.15, 0.2) is 0 Å². The molecule has 0 heterocycles. The molecular weight excluding hydrogens is 214 g/mol. The average molecular weight is 231 g/mol. The van der Waals surface area contributed by atoms with Gasteiger partial charge in [-0.2, -0.15) is 0 Å². The zero-order valence-corrected chi connectivity index (χ0v) is 9.45. The lowest BCUT2D eigenvalue weighted by molar-refractivity contribution is -0.137. The minimum absolute atomic E-state index is 0.0111. The van der Waals surface area contributed by atoms with Crippen LogP contribution in [0.1, 0.15) is 13.3 Å². The molecular formula is C9H17N3O4. The van der Waals surface area contributed by atoms with E-state index in [0.717, 1.165) is 0 Å². The van der Waals surface area contributed by atoms with Crippen LogP contribution >= 0.6 is 0 Å². The third-order valence-electron chi connectivity index (χ3n) is 1.94. The number of carbonyl (C=O) groups is 3. The van der Waals surface area contributed by atoms with Crippen LogP contribution in [-0.2, 0) is 9.59 Å². The van der Waals surface area contributed by atoms with E-state index >= 15 is 0 Å². The average Bonchev–Trinajstić information content (AvgIpc) is 2.23. The van der Waals surface area contributed by atoms with E-state index in [1.165, 1.54) is 7.05 Å². The van der Waals surface area contributed by atoms with Gasteiger partial charge in [-0.05, 0) is 6.54 Å². The number of carbonyl (C=O) groups excluding carboxylic acids is 2. The summed E-state index contributed by atoms with van der Waals surface area (Å²) in [4.78, 5) is 34.1. The smallest absolute Gasteiger partial charge is 0.321 e. The van der Waals surface area contributed by atoms with Gasteiger partial charge in [0.05, 0.1) is 13.0 Å². The van der Waals surface area contributed by atoms with Gasteiger partial charge in [0.1, 0.15) is 0 Å². The van der Waals surface area contributed by atoms with Crippen LogP contribution in [0.25, 0.3) is 0 Å². The number of imide groups is 1. The van der Waals surface area contributed by atoms with Crippen LogP contribution in [0.3, 0.4) is 0 Å². The molecule has 0 aromatic rings. The van der Waals surface area contributed by atoms with Crippen LogP contribution in [0.2, 0.25) is 0 Å². The number of hydrogen-bond donors (Lipinski definition) is 3. The van der Waals surface area contributed by atoms with Crippen LogP contribution in [0.5, 0.6) is 0 Å². The second kappa shape index (κ2) is 7.63. The monoisotopic (exact) mass is 231 g/mol. The van der Waals surface area contributed by atoms with E-state index in [4.69, 9.17) is 5.11 Å². The largest absolute Gasteiger partial charge is 0.481 e. The van der Waals surface area contributed by atoms with Crippen LogP contribution in [0, 0.1) is 0 Å². The number of urea groups is 1. The quantitative estimate of drug-likeness (QED) is 0.558. The maximum absolute atomic E-state index is 11.3. The van der Waals surface area contributed by atoms with Crippen molar-refractivity contribution >= 4 is 17.9 Å². The molecule has 0 aliphatic carbocycles. The lowest BCUT2D eigenvalue weighted by Crippen LogP contribution is -2.43. The predicted octanol–water partition coefficient (Wildman–Crippen LogP) is -0.761. The number of nitrogens with zero attached hydrogens (tertiary/aromatic N) is 1. The lowest BCUT2D eigenvalue weighted by Gasteiger charge is -2.18. The van der Waals surface area contributed by atoms with Gasteiger partial charge in [0.25, 0.3) is 0 Å². The Hall–Kier alpha value is -1.63. The van der Waals surface area contributed by atoms with E-state index in [9.17, 15) is 14.4 Å². The molecule has 0 bridgehead atoms. The van der Waals surface area contributed by atoms with E-state index in [-0.39, 0.29) is 19.5 Å². The second-order valence-electron chi connectivity index (χ2n) is 3.14.